The molecule has 5 atom stereocenters. The number of methoxy groups -OCH3 is 1. The summed E-state index contributed by atoms with van der Waals surface area (Å²) in [6, 6.07) is 0. The Labute approximate surface area is 239 Å². The van der Waals surface area contributed by atoms with Gasteiger partial charge in [-0.2, -0.15) is 0 Å². The second-order valence-corrected chi connectivity index (χ2v) is 8.58. The van der Waals surface area contributed by atoms with Gasteiger partial charge in [0, 0.05) is 0 Å². The SMILES string of the molecule is C=CCOCC(O)COC(=O)C[C@H](C(=O)OCC(O)COCC=C)[C@@H](CC(=O)OCC(O)COCC=C)C(=O)OC. The van der Waals surface area contributed by atoms with Crippen molar-refractivity contribution in [2.75, 3.05) is 66.6 Å². The Balaban J connectivity index is 5.50. The lowest BCUT2D eigenvalue weighted by atomic mass is 9.86. The third-order valence-corrected chi connectivity index (χ3v) is 4.99. The van der Waals surface area contributed by atoms with Gasteiger partial charge in [-0.05, 0) is 0 Å². The van der Waals surface area contributed by atoms with Crippen LogP contribution in [0.2, 0.25) is 0 Å². The fourth-order valence-corrected chi connectivity index (χ4v) is 3.08. The normalized spacial score (nSPS) is 14.4. The number of aliphatic hydroxyl groups excluding tert-OH is 3. The van der Waals surface area contributed by atoms with Gasteiger partial charge in [-0.1, -0.05) is 18.2 Å². The zero-order valence-corrected chi connectivity index (χ0v) is 23.4. The number of esters is 4. The van der Waals surface area contributed by atoms with Crippen LogP contribution in [0.25, 0.3) is 0 Å². The molecule has 234 valence electrons. The van der Waals surface area contributed by atoms with Gasteiger partial charge in [-0.15, -0.1) is 19.7 Å². The number of rotatable bonds is 25. The molecule has 0 bridgehead atoms. The molecule has 0 radical (unpaired) electrons. The molecule has 14 nitrogen and oxygen atoms in total. The topological polar surface area (TPSA) is 194 Å². The number of aliphatic hydroxyl groups is 3. The zero-order chi connectivity index (χ0) is 31.0. The van der Waals surface area contributed by atoms with Crippen molar-refractivity contribution in [1.82, 2.24) is 0 Å². The molecule has 0 saturated heterocycles. The summed E-state index contributed by atoms with van der Waals surface area (Å²) in [6.45, 7) is 8.89. The maximum Gasteiger partial charge on any atom is 0.310 e. The molecular weight excluding hydrogens is 548 g/mol. The third-order valence-electron chi connectivity index (χ3n) is 4.99. The lowest BCUT2D eigenvalue weighted by Gasteiger charge is -2.24. The van der Waals surface area contributed by atoms with E-state index in [1.165, 1.54) is 18.2 Å². The van der Waals surface area contributed by atoms with Crippen LogP contribution in [-0.4, -0.2) is 124 Å². The molecule has 0 aromatic carbocycles. The monoisotopic (exact) mass is 590 g/mol. The van der Waals surface area contributed by atoms with E-state index in [0.717, 1.165) is 7.11 Å². The van der Waals surface area contributed by atoms with Gasteiger partial charge in [0.25, 0.3) is 0 Å². The molecular formula is C27H42O14. The van der Waals surface area contributed by atoms with Crippen molar-refractivity contribution in [1.29, 1.82) is 0 Å². The number of hydrogen-bond donors (Lipinski definition) is 3. The standard InChI is InChI=1S/C27H42O14/c1-5-8-36-13-19(28)16-39-24(31)11-22(26(33)35-4)23(27(34)41-18-21(30)15-38-10-7-3)12-25(32)40-17-20(29)14-37-9-6-2/h5-7,19-23,28-30H,1-3,8-18H2,4H3/t19?,20?,21?,22-,23+/m1/s1. The summed E-state index contributed by atoms with van der Waals surface area (Å²) in [5.74, 6) is -7.28. The molecule has 0 fully saturated rings. The molecule has 0 rings (SSSR count). The van der Waals surface area contributed by atoms with Crippen LogP contribution in [0.1, 0.15) is 12.8 Å². The van der Waals surface area contributed by atoms with Crippen molar-refractivity contribution in [3.63, 3.8) is 0 Å². The van der Waals surface area contributed by atoms with Crippen molar-refractivity contribution in [3.05, 3.63) is 38.0 Å². The second-order valence-electron chi connectivity index (χ2n) is 8.58. The Morgan fingerprint density at radius 3 is 1.27 bits per heavy atom. The van der Waals surface area contributed by atoms with Gasteiger partial charge in [0.15, 0.2) is 0 Å². The molecule has 0 aliphatic carbocycles. The van der Waals surface area contributed by atoms with E-state index in [1.807, 2.05) is 0 Å². The van der Waals surface area contributed by atoms with Gasteiger partial charge >= 0.3 is 23.9 Å². The molecule has 0 aromatic heterocycles. The first-order chi connectivity index (χ1) is 19.6. The number of hydrogen-bond acceptors (Lipinski definition) is 14. The molecule has 0 aliphatic rings. The van der Waals surface area contributed by atoms with Crippen LogP contribution in [0.3, 0.4) is 0 Å². The molecule has 0 heterocycles. The summed E-state index contributed by atoms with van der Waals surface area (Å²) in [4.78, 5) is 50.6. The van der Waals surface area contributed by atoms with E-state index >= 15 is 0 Å². The first-order valence-corrected chi connectivity index (χ1v) is 12.7. The minimum Gasteiger partial charge on any atom is -0.469 e. The van der Waals surface area contributed by atoms with Gasteiger partial charge in [-0.3, -0.25) is 19.2 Å². The summed E-state index contributed by atoms with van der Waals surface area (Å²) in [6.07, 6.45) is -0.654. The number of carbonyl (C=O) groups is 4. The van der Waals surface area contributed by atoms with Crippen molar-refractivity contribution >= 4 is 23.9 Å². The maximum atomic E-state index is 13.0. The molecule has 41 heavy (non-hydrogen) atoms. The van der Waals surface area contributed by atoms with Crippen LogP contribution in [0.5, 0.6) is 0 Å². The van der Waals surface area contributed by atoms with Gasteiger partial charge in [0.2, 0.25) is 0 Å². The molecule has 3 N–H and O–H groups in total. The Bertz CT molecular complexity index is 814. The Morgan fingerprint density at radius 2 is 0.927 bits per heavy atom. The predicted octanol–water partition coefficient (Wildman–Crippen LogP) is -0.508. The fourth-order valence-electron chi connectivity index (χ4n) is 3.08. The van der Waals surface area contributed by atoms with Crippen LogP contribution in [-0.2, 0) is 52.3 Å². The van der Waals surface area contributed by atoms with Crippen molar-refractivity contribution in [3.8, 4) is 0 Å². The van der Waals surface area contributed by atoms with Crippen LogP contribution in [0.4, 0.5) is 0 Å². The van der Waals surface area contributed by atoms with Crippen molar-refractivity contribution < 1.29 is 67.7 Å². The quantitative estimate of drug-likeness (QED) is 0.0533. The third kappa shape index (κ3) is 18.8. The highest BCUT2D eigenvalue weighted by Gasteiger charge is 2.40. The minimum atomic E-state index is -1.60. The highest BCUT2D eigenvalue weighted by molar-refractivity contribution is 5.88. The van der Waals surface area contributed by atoms with E-state index < -0.39 is 86.7 Å². The number of ether oxygens (including phenoxy) is 7. The van der Waals surface area contributed by atoms with Crippen LogP contribution in [0, 0.1) is 11.8 Å². The van der Waals surface area contributed by atoms with Gasteiger partial charge in [-0.25, -0.2) is 0 Å². The number of carbonyl (C=O) groups excluding carboxylic acids is 4. The summed E-state index contributed by atoms with van der Waals surface area (Å²) in [7, 11) is 1.02. The Morgan fingerprint density at radius 1 is 0.585 bits per heavy atom. The predicted molar refractivity (Wildman–Crippen MR) is 142 cm³/mol. The highest BCUT2D eigenvalue weighted by Crippen LogP contribution is 2.25. The van der Waals surface area contributed by atoms with Gasteiger partial charge in [0.05, 0.1) is 71.4 Å². The van der Waals surface area contributed by atoms with E-state index in [9.17, 15) is 34.5 Å². The lowest BCUT2D eigenvalue weighted by molar-refractivity contribution is -0.169. The van der Waals surface area contributed by atoms with Gasteiger partial charge in [0.1, 0.15) is 38.1 Å². The van der Waals surface area contributed by atoms with E-state index in [2.05, 4.69) is 19.7 Å². The lowest BCUT2D eigenvalue weighted by Crippen LogP contribution is -2.38. The minimum absolute atomic E-state index is 0.144. The molecule has 3 unspecified atom stereocenters. The van der Waals surface area contributed by atoms with E-state index in [0.29, 0.717) is 0 Å². The molecule has 14 heteroatoms. The Hall–Kier alpha value is -3.14. The summed E-state index contributed by atoms with van der Waals surface area (Å²) >= 11 is 0. The maximum absolute atomic E-state index is 13.0. The molecule has 0 saturated carbocycles. The van der Waals surface area contributed by atoms with Crippen LogP contribution in [0.15, 0.2) is 38.0 Å². The summed E-state index contributed by atoms with van der Waals surface area (Å²) in [5.41, 5.74) is 0. The first-order valence-electron chi connectivity index (χ1n) is 12.7. The van der Waals surface area contributed by atoms with E-state index in [4.69, 9.17) is 33.2 Å². The van der Waals surface area contributed by atoms with Crippen molar-refractivity contribution in [2.24, 2.45) is 11.8 Å². The molecule has 0 amide bonds. The second kappa shape index (κ2) is 23.6. The van der Waals surface area contributed by atoms with Crippen molar-refractivity contribution in [2.45, 2.75) is 31.2 Å². The molecule has 0 aliphatic heterocycles. The van der Waals surface area contributed by atoms with E-state index in [1.54, 1.807) is 0 Å². The average Bonchev–Trinajstić information content (AvgIpc) is 2.95. The first kappa shape index (κ1) is 37.9. The average molecular weight is 591 g/mol. The van der Waals surface area contributed by atoms with Gasteiger partial charge < -0.3 is 48.5 Å². The van der Waals surface area contributed by atoms with Crippen LogP contribution >= 0.6 is 0 Å². The fraction of sp³-hybridized carbons (Fsp3) is 0.630. The Kier molecular flexibility index (Phi) is 21.7. The highest BCUT2D eigenvalue weighted by atomic mass is 16.6. The molecule has 0 aromatic rings. The summed E-state index contributed by atoms with van der Waals surface area (Å²) in [5, 5.41) is 29.7. The zero-order valence-electron chi connectivity index (χ0n) is 23.4. The van der Waals surface area contributed by atoms with E-state index in [-0.39, 0.29) is 39.6 Å². The largest absolute Gasteiger partial charge is 0.469 e. The smallest absolute Gasteiger partial charge is 0.310 e. The molecule has 0 spiro atoms. The summed E-state index contributed by atoms with van der Waals surface area (Å²) < 4.78 is 35.0. The van der Waals surface area contributed by atoms with Crippen LogP contribution < -0.4 is 0 Å².